The number of carbonyl (C=O) groups is 2. The molecule has 0 saturated carbocycles. The van der Waals surface area contributed by atoms with Gasteiger partial charge in [-0.05, 0) is 17.7 Å². The van der Waals surface area contributed by atoms with Gasteiger partial charge in [0.25, 0.3) is 0 Å². The van der Waals surface area contributed by atoms with Gasteiger partial charge >= 0.3 is 0 Å². The second-order valence-corrected chi connectivity index (χ2v) is 5.51. The summed E-state index contributed by atoms with van der Waals surface area (Å²) in [6.45, 7) is 0.735. The molecule has 19 heavy (non-hydrogen) atoms. The third kappa shape index (κ3) is 3.42. The minimum atomic E-state index is -0.113. The lowest BCUT2D eigenvalue weighted by molar-refractivity contribution is -0.149. The van der Waals surface area contributed by atoms with Crippen molar-refractivity contribution in [1.82, 2.24) is 4.90 Å². The predicted octanol–water partition coefficient (Wildman–Crippen LogP) is 2.33. The normalized spacial score (nSPS) is 17.1. The third-order valence-corrected chi connectivity index (χ3v) is 3.78. The molecule has 1 aromatic rings. The standard InChI is InChI=1S/C14H16BrNO3/c1-19-6-5-16-13(17)8-11(9-14(16)18)10-3-2-4-12(15)7-10/h2-4,7,11H,5-6,8-9H2,1H3. The Morgan fingerprint density at radius 3 is 2.58 bits per heavy atom. The summed E-state index contributed by atoms with van der Waals surface area (Å²) >= 11 is 3.41. The maximum Gasteiger partial charge on any atom is 0.229 e. The number of piperidine rings is 1. The summed E-state index contributed by atoms with van der Waals surface area (Å²) in [5, 5.41) is 0. The minimum Gasteiger partial charge on any atom is -0.383 e. The van der Waals surface area contributed by atoms with Crippen LogP contribution in [0.4, 0.5) is 0 Å². The van der Waals surface area contributed by atoms with Crippen molar-refractivity contribution in [2.75, 3.05) is 20.3 Å². The molecule has 0 radical (unpaired) electrons. The summed E-state index contributed by atoms with van der Waals surface area (Å²) in [5.74, 6) is -0.243. The van der Waals surface area contributed by atoms with E-state index in [0.29, 0.717) is 26.0 Å². The Labute approximate surface area is 120 Å². The highest BCUT2D eigenvalue weighted by Crippen LogP contribution is 2.30. The predicted molar refractivity (Wildman–Crippen MR) is 74.7 cm³/mol. The number of likely N-dealkylation sites (tertiary alicyclic amines) is 1. The largest absolute Gasteiger partial charge is 0.383 e. The van der Waals surface area contributed by atoms with Crippen molar-refractivity contribution in [2.24, 2.45) is 0 Å². The number of hydrogen-bond acceptors (Lipinski definition) is 3. The van der Waals surface area contributed by atoms with Crippen LogP contribution in [0.25, 0.3) is 0 Å². The van der Waals surface area contributed by atoms with Gasteiger partial charge in [0, 0.05) is 30.3 Å². The van der Waals surface area contributed by atoms with E-state index in [1.807, 2.05) is 24.3 Å². The number of rotatable bonds is 4. The van der Waals surface area contributed by atoms with Crippen molar-refractivity contribution >= 4 is 27.7 Å². The Hall–Kier alpha value is -1.20. The Bertz CT molecular complexity index is 471. The first kappa shape index (κ1) is 14.2. The Morgan fingerprint density at radius 1 is 1.32 bits per heavy atom. The fourth-order valence-electron chi connectivity index (χ4n) is 2.28. The molecule has 102 valence electrons. The van der Waals surface area contributed by atoms with Crippen molar-refractivity contribution < 1.29 is 14.3 Å². The molecule has 2 rings (SSSR count). The number of carbonyl (C=O) groups excluding carboxylic acids is 2. The van der Waals surface area contributed by atoms with E-state index < -0.39 is 0 Å². The number of nitrogens with zero attached hydrogens (tertiary/aromatic N) is 1. The van der Waals surface area contributed by atoms with Gasteiger partial charge in [-0.25, -0.2) is 0 Å². The van der Waals surface area contributed by atoms with E-state index in [-0.39, 0.29) is 17.7 Å². The van der Waals surface area contributed by atoms with Crippen LogP contribution < -0.4 is 0 Å². The van der Waals surface area contributed by atoms with Crippen LogP contribution >= 0.6 is 15.9 Å². The van der Waals surface area contributed by atoms with Crippen molar-refractivity contribution in [3.8, 4) is 0 Å². The van der Waals surface area contributed by atoms with E-state index >= 15 is 0 Å². The van der Waals surface area contributed by atoms with Crippen LogP contribution in [0.3, 0.4) is 0 Å². The van der Waals surface area contributed by atoms with Gasteiger partial charge in [-0.3, -0.25) is 14.5 Å². The minimum absolute atomic E-state index is 0.0173. The maximum absolute atomic E-state index is 12.0. The lowest BCUT2D eigenvalue weighted by Crippen LogP contribution is -2.44. The summed E-state index contributed by atoms with van der Waals surface area (Å²) in [5.41, 5.74) is 1.03. The van der Waals surface area contributed by atoms with Crippen molar-refractivity contribution in [1.29, 1.82) is 0 Å². The van der Waals surface area contributed by atoms with Crippen LogP contribution in [0.2, 0.25) is 0 Å². The zero-order valence-electron chi connectivity index (χ0n) is 10.8. The maximum atomic E-state index is 12.0. The van der Waals surface area contributed by atoms with Gasteiger partial charge in [-0.15, -0.1) is 0 Å². The molecule has 0 atom stereocenters. The summed E-state index contributed by atoms with van der Waals surface area (Å²) in [4.78, 5) is 25.3. The average Bonchev–Trinajstić information content (AvgIpc) is 2.37. The summed E-state index contributed by atoms with van der Waals surface area (Å²) in [7, 11) is 1.56. The molecule has 1 aliphatic rings. The van der Waals surface area contributed by atoms with E-state index in [0.717, 1.165) is 10.0 Å². The molecule has 1 fully saturated rings. The van der Waals surface area contributed by atoms with Crippen molar-refractivity contribution in [3.05, 3.63) is 34.3 Å². The number of amides is 2. The zero-order chi connectivity index (χ0) is 13.8. The van der Waals surface area contributed by atoms with Crippen LogP contribution in [0, 0.1) is 0 Å². The summed E-state index contributed by atoms with van der Waals surface area (Å²) in [6, 6.07) is 7.78. The Balaban J connectivity index is 2.09. The quantitative estimate of drug-likeness (QED) is 0.798. The molecular formula is C14H16BrNO3. The highest BCUT2D eigenvalue weighted by molar-refractivity contribution is 9.10. The molecule has 1 saturated heterocycles. The van der Waals surface area contributed by atoms with Crippen LogP contribution in [0.15, 0.2) is 28.7 Å². The number of ether oxygens (including phenoxy) is 1. The fraction of sp³-hybridized carbons (Fsp3) is 0.429. The van der Waals surface area contributed by atoms with E-state index in [1.165, 1.54) is 4.90 Å². The van der Waals surface area contributed by atoms with E-state index in [2.05, 4.69) is 15.9 Å². The monoisotopic (exact) mass is 325 g/mol. The van der Waals surface area contributed by atoms with Crippen LogP contribution in [0.5, 0.6) is 0 Å². The van der Waals surface area contributed by atoms with E-state index in [1.54, 1.807) is 7.11 Å². The number of methoxy groups -OCH3 is 1. The molecule has 1 aromatic carbocycles. The van der Waals surface area contributed by atoms with Gasteiger partial charge in [0.05, 0.1) is 13.2 Å². The number of halogens is 1. The smallest absolute Gasteiger partial charge is 0.229 e. The lowest BCUT2D eigenvalue weighted by atomic mass is 9.88. The fourth-order valence-corrected chi connectivity index (χ4v) is 2.70. The molecule has 0 aliphatic carbocycles. The molecule has 0 bridgehead atoms. The number of benzene rings is 1. The summed E-state index contributed by atoms with van der Waals surface area (Å²) in [6.07, 6.45) is 0.762. The SMILES string of the molecule is COCCN1C(=O)CC(c2cccc(Br)c2)CC1=O. The van der Waals surface area contributed by atoms with E-state index in [9.17, 15) is 9.59 Å². The van der Waals surface area contributed by atoms with Gasteiger partial charge in [-0.2, -0.15) is 0 Å². The molecule has 4 nitrogen and oxygen atoms in total. The highest BCUT2D eigenvalue weighted by Gasteiger charge is 2.32. The van der Waals surface area contributed by atoms with Crippen LogP contribution in [0.1, 0.15) is 24.3 Å². The molecule has 0 spiro atoms. The number of hydrogen-bond donors (Lipinski definition) is 0. The highest BCUT2D eigenvalue weighted by atomic mass is 79.9. The molecule has 5 heteroatoms. The first-order valence-electron chi connectivity index (χ1n) is 6.19. The second kappa shape index (κ2) is 6.30. The zero-order valence-corrected chi connectivity index (χ0v) is 12.4. The molecular weight excluding hydrogens is 310 g/mol. The van der Waals surface area contributed by atoms with Gasteiger partial charge in [0.2, 0.25) is 11.8 Å². The second-order valence-electron chi connectivity index (χ2n) is 4.59. The van der Waals surface area contributed by atoms with Crippen molar-refractivity contribution in [2.45, 2.75) is 18.8 Å². The van der Waals surface area contributed by atoms with Gasteiger partial charge in [0.1, 0.15) is 0 Å². The van der Waals surface area contributed by atoms with Crippen LogP contribution in [-0.2, 0) is 14.3 Å². The summed E-state index contributed by atoms with van der Waals surface area (Å²) < 4.78 is 5.88. The first-order chi connectivity index (χ1) is 9.11. The van der Waals surface area contributed by atoms with Crippen LogP contribution in [-0.4, -0.2) is 37.0 Å². The van der Waals surface area contributed by atoms with Crippen molar-refractivity contribution in [3.63, 3.8) is 0 Å². The molecule has 1 heterocycles. The molecule has 0 unspecified atom stereocenters. The first-order valence-corrected chi connectivity index (χ1v) is 6.98. The Morgan fingerprint density at radius 2 is 2.00 bits per heavy atom. The van der Waals surface area contributed by atoms with Gasteiger partial charge in [0.15, 0.2) is 0 Å². The van der Waals surface area contributed by atoms with E-state index in [4.69, 9.17) is 4.74 Å². The van der Waals surface area contributed by atoms with Gasteiger partial charge < -0.3 is 4.74 Å². The van der Waals surface area contributed by atoms with Gasteiger partial charge in [-0.1, -0.05) is 28.1 Å². The molecule has 2 amide bonds. The molecule has 0 N–H and O–H groups in total. The number of imide groups is 1. The Kier molecular flexibility index (Phi) is 4.71. The molecule has 1 aliphatic heterocycles. The molecule has 0 aromatic heterocycles. The topological polar surface area (TPSA) is 46.6 Å². The lowest BCUT2D eigenvalue weighted by Gasteiger charge is -2.30. The average molecular weight is 326 g/mol. The third-order valence-electron chi connectivity index (χ3n) is 3.28.